The number of carbonyl (C=O) groups is 3. The Labute approximate surface area is 180 Å². The quantitative estimate of drug-likeness (QED) is 0.787. The molecule has 2 aliphatic rings. The van der Waals surface area contributed by atoms with E-state index in [4.69, 9.17) is 11.6 Å². The van der Waals surface area contributed by atoms with Crippen LogP contribution in [0.1, 0.15) is 23.2 Å². The van der Waals surface area contributed by atoms with Crippen molar-refractivity contribution in [3.05, 3.63) is 59.1 Å². The van der Waals surface area contributed by atoms with Crippen molar-refractivity contribution in [2.75, 3.05) is 36.4 Å². The number of fused-ring (bicyclic) bond motifs is 1. The lowest BCUT2D eigenvalue weighted by Gasteiger charge is -2.36. The summed E-state index contributed by atoms with van der Waals surface area (Å²) in [6.45, 7) is 2.67. The standard InChI is InChI=1S/C22H23ClN4O3/c23-15-4-3-5-16(14-15)26-10-12-27(13-11-26)20(28)9-8-19-22(30)24-18-7-2-1-6-17(18)21(29)25-19/h1-7,14,19H,8-13H2,(H,24,30)(H,25,29)/t19-/m0/s1. The Morgan fingerprint density at radius 1 is 1.03 bits per heavy atom. The fourth-order valence-corrected chi connectivity index (χ4v) is 4.01. The normalized spacial score (nSPS) is 18.9. The number of amides is 3. The molecule has 7 nitrogen and oxygen atoms in total. The Morgan fingerprint density at radius 3 is 2.57 bits per heavy atom. The van der Waals surface area contributed by atoms with Gasteiger partial charge in [-0.3, -0.25) is 14.4 Å². The number of hydrogen-bond donors (Lipinski definition) is 2. The third-order valence-electron chi connectivity index (χ3n) is 5.50. The molecular weight excluding hydrogens is 404 g/mol. The molecule has 2 N–H and O–H groups in total. The van der Waals surface area contributed by atoms with E-state index in [0.29, 0.717) is 29.4 Å². The molecule has 8 heteroatoms. The maximum atomic E-state index is 12.7. The van der Waals surface area contributed by atoms with Gasteiger partial charge in [0.1, 0.15) is 6.04 Å². The van der Waals surface area contributed by atoms with E-state index in [9.17, 15) is 14.4 Å². The minimum Gasteiger partial charge on any atom is -0.368 e. The molecule has 1 atom stereocenters. The van der Waals surface area contributed by atoms with Gasteiger partial charge in [-0.1, -0.05) is 29.8 Å². The van der Waals surface area contributed by atoms with E-state index in [-0.39, 0.29) is 30.6 Å². The summed E-state index contributed by atoms with van der Waals surface area (Å²) in [5, 5.41) is 6.20. The van der Waals surface area contributed by atoms with Crippen molar-refractivity contribution in [3.8, 4) is 0 Å². The number of carbonyl (C=O) groups excluding carboxylic acids is 3. The van der Waals surface area contributed by atoms with Gasteiger partial charge >= 0.3 is 0 Å². The lowest BCUT2D eigenvalue weighted by molar-refractivity contribution is -0.131. The van der Waals surface area contributed by atoms with Gasteiger partial charge in [-0.15, -0.1) is 0 Å². The highest BCUT2D eigenvalue weighted by Gasteiger charge is 2.29. The zero-order chi connectivity index (χ0) is 21.1. The van der Waals surface area contributed by atoms with E-state index in [2.05, 4.69) is 15.5 Å². The monoisotopic (exact) mass is 426 g/mol. The molecular formula is C22H23ClN4O3. The minimum absolute atomic E-state index is 0.00967. The van der Waals surface area contributed by atoms with Crippen LogP contribution < -0.4 is 15.5 Å². The second-order valence-corrected chi connectivity index (χ2v) is 7.88. The Kier molecular flexibility index (Phi) is 5.90. The molecule has 0 spiro atoms. The van der Waals surface area contributed by atoms with Gasteiger partial charge in [-0.25, -0.2) is 0 Å². The molecule has 2 heterocycles. The number of benzene rings is 2. The Balaban J connectivity index is 1.30. The summed E-state index contributed by atoms with van der Waals surface area (Å²) < 4.78 is 0. The maximum Gasteiger partial charge on any atom is 0.254 e. The largest absolute Gasteiger partial charge is 0.368 e. The van der Waals surface area contributed by atoms with E-state index in [1.165, 1.54) is 0 Å². The summed E-state index contributed by atoms with van der Waals surface area (Å²) in [5.41, 5.74) is 1.97. The zero-order valence-electron chi connectivity index (χ0n) is 16.4. The van der Waals surface area contributed by atoms with E-state index < -0.39 is 6.04 Å². The smallest absolute Gasteiger partial charge is 0.254 e. The zero-order valence-corrected chi connectivity index (χ0v) is 17.2. The SMILES string of the molecule is O=C1N[C@@H](CCC(=O)N2CCN(c3cccc(Cl)c3)CC2)C(=O)Nc2ccccc21. The first-order valence-electron chi connectivity index (χ1n) is 10.0. The van der Waals surface area contributed by atoms with Crippen molar-refractivity contribution >= 4 is 40.7 Å². The Bertz CT molecular complexity index is 972. The van der Waals surface area contributed by atoms with Crippen LogP contribution in [0.2, 0.25) is 5.02 Å². The van der Waals surface area contributed by atoms with Crippen LogP contribution in [-0.4, -0.2) is 54.8 Å². The van der Waals surface area contributed by atoms with Crippen molar-refractivity contribution in [2.24, 2.45) is 0 Å². The van der Waals surface area contributed by atoms with E-state index in [0.717, 1.165) is 18.8 Å². The van der Waals surface area contributed by atoms with Crippen LogP contribution in [0, 0.1) is 0 Å². The third-order valence-corrected chi connectivity index (χ3v) is 5.74. The molecule has 2 aliphatic heterocycles. The number of para-hydroxylation sites is 1. The van der Waals surface area contributed by atoms with Crippen molar-refractivity contribution in [1.82, 2.24) is 10.2 Å². The Morgan fingerprint density at radius 2 is 1.80 bits per heavy atom. The van der Waals surface area contributed by atoms with Gasteiger partial charge in [0.2, 0.25) is 11.8 Å². The van der Waals surface area contributed by atoms with Crippen LogP contribution in [0.15, 0.2) is 48.5 Å². The van der Waals surface area contributed by atoms with Crippen molar-refractivity contribution < 1.29 is 14.4 Å². The third kappa shape index (κ3) is 4.41. The van der Waals surface area contributed by atoms with E-state index in [1.807, 2.05) is 29.2 Å². The maximum absolute atomic E-state index is 12.7. The molecule has 0 unspecified atom stereocenters. The fraction of sp³-hybridized carbons (Fsp3) is 0.318. The van der Waals surface area contributed by atoms with Crippen LogP contribution in [0.25, 0.3) is 0 Å². The van der Waals surface area contributed by atoms with Crippen molar-refractivity contribution in [2.45, 2.75) is 18.9 Å². The molecule has 2 aromatic rings. The summed E-state index contributed by atoms with van der Waals surface area (Å²) in [5.74, 6) is -0.618. The highest BCUT2D eigenvalue weighted by molar-refractivity contribution is 6.30. The van der Waals surface area contributed by atoms with Crippen LogP contribution in [0.5, 0.6) is 0 Å². The first-order chi connectivity index (χ1) is 14.5. The predicted molar refractivity (Wildman–Crippen MR) is 116 cm³/mol. The number of hydrogen-bond acceptors (Lipinski definition) is 4. The molecule has 0 aliphatic carbocycles. The second-order valence-electron chi connectivity index (χ2n) is 7.45. The van der Waals surface area contributed by atoms with E-state index >= 15 is 0 Å². The molecule has 0 radical (unpaired) electrons. The highest BCUT2D eigenvalue weighted by atomic mass is 35.5. The summed E-state index contributed by atoms with van der Waals surface area (Å²) >= 11 is 6.07. The van der Waals surface area contributed by atoms with Gasteiger partial charge < -0.3 is 20.4 Å². The van der Waals surface area contributed by atoms with Gasteiger partial charge in [-0.05, 0) is 36.8 Å². The predicted octanol–water partition coefficient (Wildman–Crippen LogP) is 2.52. The molecule has 4 rings (SSSR count). The summed E-state index contributed by atoms with van der Waals surface area (Å²) in [7, 11) is 0. The summed E-state index contributed by atoms with van der Waals surface area (Å²) in [6, 6.07) is 13.8. The van der Waals surface area contributed by atoms with Gasteiger partial charge in [0.05, 0.1) is 11.3 Å². The van der Waals surface area contributed by atoms with Gasteiger partial charge in [-0.2, -0.15) is 0 Å². The molecule has 1 fully saturated rings. The van der Waals surface area contributed by atoms with Crippen molar-refractivity contribution in [1.29, 1.82) is 0 Å². The molecule has 3 amide bonds. The van der Waals surface area contributed by atoms with Crippen LogP contribution >= 0.6 is 11.6 Å². The fourth-order valence-electron chi connectivity index (χ4n) is 3.83. The van der Waals surface area contributed by atoms with Gasteiger partial charge in [0, 0.05) is 43.3 Å². The molecule has 2 aromatic carbocycles. The molecule has 30 heavy (non-hydrogen) atoms. The molecule has 156 valence electrons. The Hall–Kier alpha value is -3.06. The van der Waals surface area contributed by atoms with Crippen LogP contribution in [0.3, 0.4) is 0 Å². The van der Waals surface area contributed by atoms with Crippen molar-refractivity contribution in [3.63, 3.8) is 0 Å². The minimum atomic E-state index is -0.735. The number of nitrogens with zero attached hydrogens (tertiary/aromatic N) is 2. The lowest BCUT2D eigenvalue weighted by Crippen LogP contribution is -2.49. The highest BCUT2D eigenvalue weighted by Crippen LogP contribution is 2.22. The summed E-state index contributed by atoms with van der Waals surface area (Å²) in [4.78, 5) is 41.5. The molecule has 1 saturated heterocycles. The number of piperazine rings is 1. The van der Waals surface area contributed by atoms with E-state index in [1.54, 1.807) is 24.3 Å². The molecule has 0 aromatic heterocycles. The number of nitrogens with one attached hydrogen (secondary N) is 2. The van der Waals surface area contributed by atoms with Crippen LogP contribution in [-0.2, 0) is 9.59 Å². The number of rotatable bonds is 4. The first kappa shape index (κ1) is 20.2. The van der Waals surface area contributed by atoms with Gasteiger partial charge in [0.15, 0.2) is 0 Å². The number of halogens is 1. The number of anilines is 2. The first-order valence-corrected chi connectivity index (χ1v) is 10.4. The topological polar surface area (TPSA) is 81.8 Å². The molecule has 0 saturated carbocycles. The lowest BCUT2D eigenvalue weighted by atomic mass is 10.1. The second kappa shape index (κ2) is 8.75. The average molecular weight is 427 g/mol. The van der Waals surface area contributed by atoms with Gasteiger partial charge in [0.25, 0.3) is 5.91 Å². The summed E-state index contributed by atoms with van der Waals surface area (Å²) in [6.07, 6.45) is 0.463. The molecule has 0 bridgehead atoms. The average Bonchev–Trinajstić information content (AvgIpc) is 2.88. The van der Waals surface area contributed by atoms with Crippen LogP contribution in [0.4, 0.5) is 11.4 Å².